The second-order valence-electron chi connectivity index (χ2n) is 4.62. The molecule has 0 heterocycles. The topological polar surface area (TPSA) is 0 Å². The van der Waals surface area contributed by atoms with Crippen LogP contribution in [0.2, 0.25) is 0 Å². The van der Waals surface area contributed by atoms with Crippen molar-refractivity contribution in [2.75, 3.05) is 0 Å². The van der Waals surface area contributed by atoms with Gasteiger partial charge in [-0.05, 0) is 42.9 Å². The van der Waals surface area contributed by atoms with E-state index < -0.39 is 0 Å². The molecule has 0 N–H and O–H groups in total. The van der Waals surface area contributed by atoms with Gasteiger partial charge >= 0.3 is 0 Å². The molecule has 1 unspecified atom stereocenters. The molecule has 3 aliphatic carbocycles. The quantitative estimate of drug-likeness (QED) is 0.385. The molecule has 0 aromatic carbocycles. The summed E-state index contributed by atoms with van der Waals surface area (Å²) in [6, 6.07) is 0. The maximum Gasteiger partial charge on any atom is 0.0347 e. The van der Waals surface area contributed by atoms with Crippen LogP contribution in [0.1, 0.15) is 32.1 Å². The maximum atomic E-state index is 6.17. The average Bonchev–Trinajstić information content (AvgIpc) is 2.47. The summed E-state index contributed by atoms with van der Waals surface area (Å²) in [5.41, 5.74) is 1.38. The molecule has 3 rings (SSSR count). The lowest BCUT2D eigenvalue weighted by Gasteiger charge is -2.18. The summed E-state index contributed by atoms with van der Waals surface area (Å²) < 4.78 is 0. The molecule has 3 atom stereocenters. The predicted molar refractivity (Wildman–Crippen MR) is 46.7 cm³/mol. The summed E-state index contributed by atoms with van der Waals surface area (Å²) in [5, 5.41) is 0.489. The van der Waals surface area contributed by atoms with Crippen LogP contribution in [0.4, 0.5) is 0 Å². The Morgan fingerprint density at radius 3 is 2.18 bits per heavy atom. The van der Waals surface area contributed by atoms with Crippen molar-refractivity contribution in [3.8, 4) is 0 Å². The van der Waals surface area contributed by atoms with Gasteiger partial charge in [0, 0.05) is 5.38 Å². The fraction of sp³-hybridized carbons (Fsp3) is 0.800. The van der Waals surface area contributed by atoms with Crippen molar-refractivity contribution in [3.05, 3.63) is 12.2 Å². The Labute approximate surface area is 72.6 Å². The maximum absolute atomic E-state index is 6.17. The number of halogens is 1. The van der Waals surface area contributed by atoms with Crippen LogP contribution in [0.15, 0.2) is 12.2 Å². The molecule has 0 aliphatic heterocycles. The summed E-state index contributed by atoms with van der Waals surface area (Å²) >= 11 is 6.17. The molecule has 0 amide bonds. The normalized spacial score (nSPS) is 58.8. The molecule has 0 aromatic rings. The lowest BCUT2D eigenvalue weighted by Crippen LogP contribution is -2.08. The number of hydrogen-bond acceptors (Lipinski definition) is 0. The van der Waals surface area contributed by atoms with Crippen LogP contribution < -0.4 is 0 Å². The van der Waals surface area contributed by atoms with E-state index in [1.807, 2.05) is 0 Å². The third kappa shape index (κ3) is 0.630. The molecular formula is C10H13Cl. The van der Waals surface area contributed by atoms with Crippen LogP contribution in [0, 0.1) is 10.8 Å². The highest BCUT2D eigenvalue weighted by atomic mass is 35.5. The van der Waals surface area contributed by atoms with Gasteiger partial charge in [0.1, 0.15) is 0 Å². The Bertz CT molecular complexity index is 211. The zero-order valence-electron chi connectivity index (χ0n) is 6.65. The van der Waals surface area contributed by atoms with E-state index in [2.05, 4.69) is 12.2 Å². The Kier molecular flexibility index (Phi) is 1.00. The Balaban J connectivity index is 1.97. The lowest BCUT2D eigenvalue weighted by molar-refractivity contribution is 0.380. The van der Waals surface area contributed by atoms with E-state index in [-0.39, 0.29) is 0 Å². The Morgan fingerprint density at radius 2 is 1.64 bits per heavy atom. The summed E-state index contributed by atoms with van der Waals surface area (Å²) in [7, 11) is 0. The van der Waals surface area contributed by atoms with Crippen LogP contribution in [-0.4, -0.2) is 5.38 Å². The zero-order chi connectivity index (χ0) is 7.53. The van der Waals surface area contributed by atoms with Crippen molar-refractivity contribution in [2.24, 2.45) is 10.8 Å². The van der Waals surface area contributed by atoms with Gasteiger partial charge in [0.05, 0.1) is 0 Å². The highest BCUT2D eigenvalue weighted by molar-refractivity contribution is 6.21. The second-order valence-corrected chi connectivity index (χ2v) is 5.24. The number of rotatable bonds is 0. The molecule has 0 aromatic heterocycles. The Hall–Kier alpha value is 0.0300. The van der Waals surface area contributed by atoms with Gasteiger partial charge in [0.2, 0.25) is 0 Å². The van der Waals surface area contributed by atoms with Gasteiger partial charge in [-0.2, -0.15) is 0 Å². The van der Waals surface area contributed by atoms with Crippen LogP contribution >= 0.6 is 11.6 Å². The van der Waals surface area contributed by atoms with Crippen molar-refractivity contribution in [1.29, 1.82) is 0 Å². The summed E-state index contributed by atoms with van der Waals surface area (Å²) in [5.74, 6) is 0. The smallest absolute Gasteiger partial charge is 0.0347 e. The molecule has 60 valence electrons. The molecule has 0 spiro atoms. The van der Waals surface area contributed by atoms with Crippen LogP contribution in [0.3, 0.4) is 0 Å². The Morgan fingerprint density at radius 1 is 1.09 bits per heavy atom. The molecule has 2 saturated carbocycles. The first-order valence-electron chi connectivity index (χ1n) is 4.56. The van der Waals surface area contributed by atoms with E-state index in [0.717, 1.165) is 0 Å². The van der Waals surface area contributed by atoms with E-state index in [1.54, 1.807) is 0 Å². The molecule has 2 fully saturated rings. The average molecular weight is 169 g/mol. The summed E-state index contributed by atoms with van der Waals surface area (Å²) in [4.78, 5) is 0. The third-order valence-electron chi connectivity index (χ3n) is 4.09. The summed E-state index contributed by atoms with van der Waals surface area (Å²) in [6.07, 6.45) is 11.4. The van der Waals surface area contributed by atoms with Gasteiger partial charge in [-0.25, -0.2) is 0 Å². The highest BCUT2D eigenvalue weighted by Gasteiger charge is 2.70. The van der Waals surface area contributed by atoms with Crippen molar-refractivity contribution in [3.63, 3.8) is 0 Å². The van der Waals surface area contributed by atoms with E-state index >= 15 is 0 Å². The highest BCUT2D eigenvalue weighted by Crippen LogP contribution is 2.78. The minimum absolute atomic E-state index is 0.489. The van der Waals surface area contributed by atoms with Gasteiger partial charge in [-0.15, -0.1) is 11.6 Å². The molecule has 0 saturated heterocycles. The zero-order valence-corrected chi connectivity index (χ0v) is 7.40. The molecule has 0 bridgehead atoms. The minimum atomic E-state index is 0.489. The van der Waals surface area contributed by atoms with Crippen molar-refractivity contribution in [2.45, 2.75) is 37.5 Å². The van der Waals surface area contributed by atoms with Gasteiger partial charge in [-0.1, -0.05) is 12.2 Å². The number of alkyl halides is 1. The molecule has 3 aliphatic rings. The molecular weight excluding hydrogens is 156 g/mol. The summed E-state index contributed by atoms with van der Waals surface area (Å²) in [6.45, 7) is 0. The van der Waals surface area contributed by atoms with E-state index in [4.69, 9.17) is 11.6 Å². The van der Waals surface area contributed by atoms with Crippen LogP contribution in [0.25, 0.3) is 0 Å². The fourth-order valence-corrected chi connectivity index (χ4v) is 4.05. The largest absolute Gasteiger partial charge is 0.123 e. The second kappa shape index (κ2) is 1.69. The molecule has 0 nitrogen and oxygen atoms in total. The molecule has 0 radical (unpaired) electrons. The number of allylic oxidation sites excluding steroid dienone is 2. The van der Waals surface area contributed by atoms with Gasteiger partial charge < -0.3 is 0 Å². The van der Waals surface area contributed by atoms with Gasteiger partial charge in [0.15, 0.2) is 0 Å². The third-order valence-corrected chi connectivity index (χ3v) is 4.39. The van der Waals surface area contributed by atoms with Crippen LogP contribution in [0.5, 0.6) is 0 Å². The fourth-order valence-electron chi connectivity index (χ4n) is 3.46. The predicted octanol–water partition coefficient (Wildman–Crippen LogP) is 3.11. The van der Waals surface area contributed by atoms with Crippen molar-refractivity contribution >= 4 is 11.6 Å². The SMILES string of the molecule is ClC1C[C@]23CC=CC[C@@]2(C1)C3. The number of hydrogen-bond donors (Lipinski definition) is 0. The van der Waals surface area contributed by atoms with E-state index in [1.165, 1.54) is 32.1 Å². The minimum Gasteiger partial charge on any atom is -0.123 e. The lowest BCUT2D eigenvalue weighted by atomic mass is 9.86. The van der Waals surface area contributed by atoms with Gasteiger partial charge in [0.25, 0.3) is 0 Å². The van der Waals surface area contributed by atoms with E-state index in [9.17, 15) is 0 Å². The first-order valence-corrected chi connectivity index (χ1v) is 4.99. The molecule has 11 heavy (non-hydrogen) atoms. The first kappa shape index (κ1) is 6.54. The van der Waals surface area contributed by atoms with E-state index in [0.29, 0.717) is 16.2 Å². The molecule has 1 heteroatoms. The van der Waals surface area contributed by atoms with Crippen molar-refractivity contribution in [1.82, 2.24) is 0 Å². The standard InChI is InChI=1S/C10H13Cl/c11-8-5-9-3-1-2-4-10(9,6-8)7-9/h1-2,8H,3-7H2/t8?,9-,10+. The van der Waals surface area contributed by atoms with Gasteiger partial charge in [-0.3, -0.25) is 0 Å². The monoisotopic (exact) mass is 168 g/mol. The van der Waals surface area contributed by atoms with Crippen LogP contribution in [-0.2, 0) is 0 Å². The first-order chi connectivity index (χ1) is 5.27. The van der Waals surface area contributed by atoms with Crippen molar-refractivity contribution < 1.29 is 0 Å².